The van der Waals surface area contributed by atoms with E-state index >= 15 is 0 Å². The molecule has 6 heteroatoms. The Labute approximate surface area is 156 Å². The maximum atomic E-state index is 12.4. The summed E-state index contributed by atoms with van der Waals surface area (Å²) in [5.41, 5.74) is 0.647. The van der Waals surface area contributed by atoms with Crippen LogP contribution in [0.2, 0.25) is 5.02 Å². The monoisotopic (exact) mass is 374 g/mol. The van der Waals surface area contributed by atoms with Gasteiger partial charge in [-0.2, -0.15) is 0 Å². The van der Waals surface area contributed by atoms with E-state index in [0.717, 1.165) is 25.9 Å². The number of amides is 1. The minimum atomic E-state index is -0.000727. The van der Waals surface area contributed by atoms with Crippen LogP contribution in [0.1, 0.15) is 40.0 Å². The molecule has 1 aromatic carbocycles. The minimum absolute atomic E-state index is 0. The second-order valence-corrected chi connectivity index (χ2v) is 7.01. The first-order valence-electron chi connectivity index (χ1n) is 8.43. The van der Waals surface area contributed by atoms with Crippen LogP contribution < -0.4 is 15.4 Å². The van der Waals surface area contributed by atoms with Crippen LogP contribution in [-0.4, -0.2) is 25.1 Å². The van der Waals surface area contributed by atoms with Crippen molar-refractivity contribution < 1.29 is 9.53 Å². The molecule has 24 heavy (non-hydrogen) atoms. The van der Waals surface area contributed by atoms with Crippen LogP contribution >= 0.6 is 24.0 Å². The summed E-state index contributed by atoms with van der Waals surface area (Å²) >= 11 is 6.20. The molecule has 1 saturated heterocycles. The van der Waals surface area contributed by atoms with Crippen molar-refractivity contribution in [1.29, 1.82) is 0 Å². The highest BCUT2D eigenvalue weighted by Crippen LogP contribution is 2.34. The highest BCUT2D eigenvalue weighted by atomic mass is 35.5. The number of anilines is 1. The predicted octanol–water partition coefficient (Wildman–Crippen LogP) is 4.51. The number of para-hydroxylation sites is 1. The Morgan fingerprint density at radius 2 is 2.00 bits per heavy atom. The van der Waals surface area contributed by atoms with E-state index in [1.54, 1.807) is 6.07 Å². The molecule has 1 fully saturated rings. The van der Waals surface area contributed by atoms with Crippen LogP contribution in [0.15, 0.2) is 18.2 Å². The Kier molecular flexibility index (Phi) is 8.88. The molecule has 1 amide bonds. The average molecular weight is 375 g/mol. The van der Waals surface area contributed by atoms with Crippen molar-refractivity contribution in [2.45, 2.75) is 46.1 Å². The fourth-order valence-corrected chi connectivity index (χ4v) is 3.26. The molecule has 0 bridgehead atoms. The van der Waals surface area contributed by atoms with E-state index in [2.05, 4.69) is 17.6 Å². The lowest BCUT2D eigenvalue weighted by molar-refractivity contribution is -0.117. The third kappa shape index (κ3) is 6.15. The lowest BCUT2D eigenvalue weighted by Crippen LogP contribution is -2.32. The zero-order valence-electron chi connectivity index (χ0n) is 14.6. The highest BCUT2D eigenvalue weighted by Gasteiger charge is 2.22. The van der Waals surface area contributed by atoms with E-state index < -0.39 is 0 Å². The van der Waals surface area contributed by atoms with Crippen molar-refractivity contribution in [3.05, 3.63) is 23.2 Å². The maximum absolute atomic E-state index is 12.4. The lowest BCUT2D eigenvalue weighted by atomic mass is 9.84. The minimum Gasteiger partial charge on any atom is -0.487 e. The van der Waals surface area contributed by atoms with Gasteiger partial charge in [0.25, 0.3) is 0 Å². The summed E-state index contributed by atoms with van der Waals surface area (Å²) < 4.78 is 5.74. The van der Waals surface area contributed by atoms with Crippen molar-refractivity contribution in [3.8, 4) is 5.75 Å². The molecule has 136 valence electrons. The number of hydrogen-bond donors (Lipinski definition) is 2. The Bertz CT molecular complexity index is 532. The normalized spacial score (nSPS) is 16.4. The fraction of sp³-hybridized carbons (Fsp3) is 0.611. The van der Waals surface area contributed by atoms with Gasteiger partial charge in [-0.3, -0.25) is 4.79 Å². The van der Waals surface area contributed by atoms with Gasteiger partial charge in [-0.15, -0.1) is 12.4 Å². The second kappa shape index (κ2) is 10.1. The largest absolute Gasteiger partial charge is 0.487 e. The number of halogens is 2. The van der Waals surface area contributed by atoms with E-state index in [4.69, 9.17) is 16.3 Å². The van der Waals surface area contributed by atoms with E-state index in [-0.39, 0.29) is 24.4 Å². The first-order valence-corrected chi connectivity index (χ1v) is 8.81. The summed E-state index contributed by atoms with van der Waals surface area (Å²) in [6.07, 6.45) is 2.82. The molecule has 0 aromatic heterocycles. The van der Waals surface area contributed by atoms with E-state index in [0.29, 0.717) is 34.7 Å². The van der Waals surface area contributed by atoms with Gasteiger partial charge in [0.05, 0.1) is 16.8 Å². The molecule has 1 unspecified atom stereocenters. The third-order valence-electron chi connectivity index (χ3n) is 4.29. The zero-order chi connectivity index (χ0) is 16.8. The van der Waals surface area contributed by atoms with Gasteiger partial charge in [0.1, 0.15) is 0 Å². The molecular weight excluding hydrogens is 347 g/mol. The van der Waals surface area contributed by atoms with Gasteiger partial charge in [0.2, 0.25) is 5.91 Å². The number of piperidine rings is 1. The van der Waals surface area contributed by atoms with E-state index in [1.165, 1.54) is 0 Å². The fourth-order valence-electron chi connectivity index (χ4n) is 3.04. The van der Waals surface area contributed by atoms with Gasteiger partial charge in [0.15, 0.2) is 5.75 Å². The molecule has 1 atom stereocenters. The molecule has 1 heterocycles. The molecule has 0 spiro atoms. The number of ether oxygens (including phenoxy) is 1. The van der Waals surface area contributed by atoms with Gasteiger partial charge < -0.3 is 15.4 Å². The number of benzene rings is 1. The molecule has 4 nitrogen and oxygen atoms in total. The summed E-state index contributed by atoms with van der Waals surface area (Å²) in [4.78, 5) is 12.4. The van der Waals surface area contributed by atoms with Gasteiger partial charge >= 0.3 is 0 Å². The smallest absolute Gasteiger partial charge is 0.224 e. The number of nitrogens with one attached hydrogen (secondary N) is 2. The Hall–Kier alpha value is -0.970. The standard InChI is InChI=1S/C18H27ClN2O2.ClH/c1-12(2)23-18-15(19)5-4-6-16(18)21-17(22)11-13(3)14-7-9-20-10-8-14;/h4-6,12-14,20H,7-11H2,1-3H3,(H,21,22);1H. The number of rotatable bonds is 6. The van der Waals surface area contributed by atoms with Crippen LogP contribution in [0.4, 0.5) is 5.69 Å². The zero-order valence-corrected chi connectivity index (χ0v) is 16.2. The topological polar surface area (TPSA) is 50.4 Å². The van der Waals surface area contributed by atoms with Crippen LogP contribution in [-0.2, 0) is 4.79 Å². The quantitative estimate of drug-likeness (QED) is 0.769. The Balaban J connectivity index is 0.00000288. The molecule has 1 aliphatic rings. The average Bonchev–Trinajstić information content (AvgIpc) is 2.51. The van der Waals surface area contributed by atoms with Crippen LogP contribution in [0.3, 0.4) is 0 Å². The second-order valence-electron chi connectivity index (χ2n) is 6.60. The molecule has 0 aliphatic carbocycles. The van der Waals surface area contributed by atoms with Crippen LogP contribution in [0.5, 0.6) is 5.75 Å². The molecule has 1 aliphatic heterocycles. The lowest BCUT2D eigenvalue weighted by Gasteiger charge is -2.28. The summed E-state index contributed by atoms with van der Waals surface area (Å²) in [5, 5.41) is 6.84. The summed E-state index contributed by atoms with van der Waals surface area (Å²) in [5.74, 6) is 1.57. The van der Waals surface area contributed by atoms with Gasteiger partial charge in [0, 0.05) is 6.42 Å². The maximum Gasteiger partial charge on any atom is 0.224 e. The van der Waals surface area contributed by atoms with Gasteiger partial charge in [-0.25, -0.2) is 0 Å². The van der Waals surface area contributed by atoms with Crippen molar-refractivity contribution in [1.82, 2.24) is 5.32 Å². The van der Waals surface area contributed by atoms with Crippen LogP contribution in [0, 0.1) is 11.8 Å². The van der Waals surface area contributed by atoms with Crippen molar-refractivity contribution in [2.24, 2.45) is 11.8 Å². The summed E-state index contributed by atoms with van der Waals surface area (Å²) in [6.45, 7) is 8.15. The number of carbonyl (C=O) groups excluding carboxylic acids is 1. The first-order chi connectivity index (χ1) is 11.0. The van der Waals surface area contributed by atoms with Crippen LogP contribution in [0.25, 0.3) is 0 Å². The van der Waals surface area contributed by atoms with Gasteiger partial charge in [-0.1, -0.05) is 24.6 Å². The Morgan fingerprint density at radius 1 is 1.33 bits per heavy atom. The van der Waals surface area contributed by atoms with Crippen molar-refractivity contribution in [3.63, 3.8) is 0 Å². The van der Waals surface area contributed by atoms with Crippen molar-refractivity contribution in [2.75, 3.05) is 18.4 Å². The summed E-state index contributed by atoms with van der Waals surface area (Å²) in [7, 11) is 0. The summed E-state index contributed by atoms with van der Waals surface area (Å²) in [6, 6.07) is 5.42. The third-order valence-corrected chi connectivity index (χ3v) is 4.59. The molecule has 2 N–H and O–H groups in total. The van der Waals surface area contributed by atoms with E-state index in [9.17, 15) is 4.79 Å². The molecule has 0 saturated carbocycles. The Morgan fingerprint density at radius 3 is 2.62 bits per heavy atom. The molecule has 2 rings (SSSR count). The van der Waals surface area contributed by atoms with E-state index in [1.807, 2.05) is 26.0 Å². The molecular formula is C18H28Cl2N2O2. The van der Waals surface area contributed by atoms with Crippen molar-refractivity contribution >= 4 is 35.6 Å². The molecule has 1 aromatic rings. The van der Waals surface area contributed by atoms with Gasteiger partial charge in [-0.05, 0) is 63.7 Å². The predicted molar refractivity (Wildman–Crippen MR) is 102 cm³/mol. The SMILES string of the molecule is CC(C)Oc1c(Cl)cccc1NC(=O)CC(C)C1CCNCC1.Cl. The first kappa shape index (κ1) is 21.1. The number of hydrogen-bond acceptors (Lipinski definition) is 3. The highest BCUT2D eigenvalue weighted by molar-refractivity contribution is 6.32. The molecule has 0 radical (unpaired) electrons. The number of carbonyl (C=O) groups is 1.